The molecule has 7 nitrogen and oxygen atoms in total. The fourth-order valence-electron chi connectivity index (χ4n) is 2.18. The van der Waals surface area contributed by atoms with Crippen molar-refractivity contribution < 1.29 is 0 Å². The zero-order valence-electron chi connectivity index (χ0n) is 11.9. The Balaban J connectivity index is 1.98. The molecule has 0 saturated carbocycles. The molecule has 3 heterocycles. The van der Waals surface area contributed by atoms with Gasteiger partial charge in [0.25, 0.3) is 0 Å². The lowest BCUT2D eigenvalue weighted by atomic mass is 10.4. The fourth-order valence-corrected chi connectivity index (χ4v) is 2.18. The minimum absolute atomic E-state index is 0.194. The van der Waals surface area contributed by atoms with Gasteiger partial charge in [-0.1, -0.05) is 6.07 Å². The molecule has 0 atom stereocenters. The molecule has 3 rings (SSSR count). The van der Waals surface area contributed by atoms with Crippen molar-refractivity contribution in [3.63, 3.8) is 0 Å². The predicted molar refractivity (Wildman–Crippen MR) is 79.5 cm³/mol. The Morgan fingerprint density at radius 3 is 2.90 bits per heavy atom. The third-order valence-electron chi connectivity index (χ3n) is 3.04. The summed E-state index contributed by atoms with van der Waals surface area (Å²) < 4.78 is 2.88. The molecule has 108 valence electrons. The van der Waals surface area contributed by atoms with Crippen LogP contribution in [-0.2, 0) is 6.54 Å². The summed E-state index contributed by atoms with van der Waals surface area (Å²) in [5.74, 6) is 1.33. The van der Waals surface area contributed by atoms with Gasteiger partial charge in [0.05, 0.1) is 0 Å². The molecular formula is C14H16N6O. The van der Waals surface area contributed by atoms with E-state index in [1.54, 1.807) is 18.3 Å². The average molecular weight is 284 g/mol. The highest BCUT2D eigenvalue weighted by molar-refractivity contribution is 5.36. The minimum atomic E-state index is -0.194. The molecule has 7 heteroatoms. The van der Waals surface area contributed by atoms with E-state index in [1.807, 2.05) is 26.0 Å². The van der Waals surface area contributed by atoms with Gasteiger partial charge in [0.2, 0.25) is 0 Å². The summed E-state index contributed by atoms with van der Waals surface area (Å²) in [5, 5.41) is 7.43. The first-order valence-corrected chi connectivity index (χ1v) is 6.80. The van der Waals surface area contributed by atoms with Gasteiger partial charge < -0.3 is 5.32 Å². The number of nitrogens with one attached hydrogen (secondary N) is 1. The summed E-state index contributed by atoms with van der Waals surface area (Å²) in [6.07, 6.45) is 1.70. The van der Waals surface area contributed by atoms with Crippen LogP contribution >= 0.6 is 0 Å². The monoisotopic (exact) mass is 284 g/mol. The van der Waals surface area contributed by atoms with Crippen LogP contribution in [0.4, 0.5) is 5.82 Å². The second kappa shape index (κ2) is 5.35. The number of rotatable bonds is 4. The minimum Gasteiger partial charge on any atom is -0.370 e. The van der Waals surface area contributed by atoms with Crippen molar-refractivity contribution >= 4 is 11.5 Å². The van der Waals surface area contributed by atoms with Gasteiger partial charge in [0.1, 0.15) is 12.4 Å². The van der Waals surface area contributed by atoms with Crippen LogP contribution < -0.4 is 11.0 Å². The first-order chi connectivity index (χ1) is 10.2. The van der Waals surface area contributed by atoms with Gasteiger partial charge in [0, 0.05) is 24.5 Å². The van der Waals surface area contributed by atoms with Crippen LogP contribution in [0.25, 0.3) is 5.65 Å². The zero-order chi connectivity index (χ0) is 14.8. The van der Waals surface area contributed by atoms with Crippen LogP contribution in [0.15, 0.2) is 35.3 Å². The number of aromatic nitrogens is 5. The lowest BCUT2D eigenvalue weighted by Crippen LogP contribution is -2.22. The van der Waals surface area contributed by atoms with E-state index in [4.69, 9.17) is 0 Å². The quantitative estimate of drug-likeness (QED) is 0.775. The number of hydrogen-bond donors (Lipinski definition) is 1. The van der Waals surface area contributed by atoms with E-state index in [0.29, 0.717) is 11.5 Å². The number of pyridine rings is 1. The summed E-state index contributed by atoms with van der Waals surface area (Å²) in [7, 11) is 0. The van der Waals surface area contributed by atoms with Gasteiger partial charge >= 0.3 is 5.69 Å². The number of nitrogens with zero attached hydrogens (tertiary/aromatic N) is 5. The molecule has 0 aliphatic rings. The third-order valence-corrected chi connectivity index (χ3v) is 3.04. The number of fused-ring (bicyclic) bond motifs is 1. The molecule has 0 aliphatic heterocycles. The summed E-state index contributed by atoms with van der Waals surface area (Å²) in [6, 6.07) is 7.31. The summed E-state index contributed by atoms with van der Waals surface area (Å²) >= 11 is 0. The Kier molecular flexibility index (Phi) is 3.39. The molecule has 21 heavy (non-hydrogen) atoms. The molecule has 0 aliphatic carbocycles. The second-order valence-corrected chi connectivity index (χ2v) is 4.71. The smallest absolute Gasteiger partial charge is 0.350 e. The summed E-state index contributed by atoms with van der Waals surface area (Å²) in [4.78, 5) is 21.0. The van der Waals surface area contributed by atoms with Gasteiger partial charge in [0.15, 0.2) is 11.5 Å². The van der Waals surface area contributed by atoms with Crippen molar-refractivity contribution in [2.24, 2.45) is 0 Å². The van der Waals surface area contributed by atoms with Crippen LogP contribution in [0.3, 0.4) is 0 Å². The molecule has 0 amide bonds. The lowest BCUT2D eigenvalue weighted by molar-refractivity contribution is 0.629. The number of aryl methyl sites for hydroxylation is 1. The fraction of sp³-hybridized carbons (Fsp3) is 0.286. The van der Waals surface area contributed by atoms with Crippen molar-refractivity contribution in [1.82, 2.24) is 24.1 Å². The van der Waals surface area contributed by atoms with Gasteiger partial charge in [-0.2, -0.15) is 0 Å². The highest BCUT2D eigenvalue weighted by Crippen LogP contribution is 2.06. The summed E-state index contributed by atoms with van der Waals surface area (Å²) in [6.45, 7) is 4.94. The van der Waals surface area contributed by atoms with E-state index in [1.165, 1.54) is 9.08 Å². The van der Waals surface area contributed by atoms with Gasteiger partial charge in [-0.25, -0.2) is 19.4 Å². The van der Waals surface area contributed by atoms with Crippen LogP contribution in [0.5, 0.6) is 0 Å². The Labute approximate surface area is 121 Å². The third kappa shape index (κ3) is 2.62. The molecule has 0 aromatic carbocycles. The van der Waals surface area contributed by atoms with Crippen molar-refractivity contribution in [3.05, 3.63) is 52.5 Å². The topological polar surface area (TPSA) is 77.1 Å². The number of anilines is 1. The Bertz CT molecular complexity index is 835. The van der Waals surface area contributed by atoms with Gasteiger partial charge in [-0.05, 0) is 26.0 Å². The Morgan fingerprint density at radius 2 is 2.14 bits per heavy atom. The Hall–Kier alpha value is -2.70. The van der Waals surface area contributed by atoms with Crippen molar-refractivity contribution in [1.29, 1.82) is 0 Å². The molecule has 0 unspecified atom stereocenters. The van der Waals surface area contributed by atoms with E-state index in [-0.39, 0.29) is 12.2 Å². The molecule has 0 fully saturated rings. The first kappa shape index (κ1) is 13.3. The van der Waals surface area contributed by atoms with Crippen LogP contribution in [0, 0.1) is 6.92 Å². The Morgan fingerprint density at radius 1 is 1.29 bits per heavy atom. The lowest BCUT2D eigenvalue weighted by Gasteiger charge is -2.06. The van der Waals surface area contributed by atoms with Crippen LogP contribution in [-0.4, -0.2) is 30.7 Å². The molecule has 1 N–H and O–H groups in total. The second-order valence-electron chi connectivity index (χ2n) is 4.71. The van der Waals surface area contributed by atoms with E-state index in [2.05, 4.69) is 20.4 Å². The SMILES string of the molecule is CCNc1cc(C)nc(Cn2nc3ccccn3c2=O)n1. The molecule has 0 spiro atoms. The van der Waals surface area contributed by atoms with Crippen LogP contribution in [0.2, 0.25) is 0 Å². The number of hydrogen-bond acceptors (Lipinski definition) is 5. The van der Waals surface area contributed by atoms with E-state index in [9.17, 15) is 4.79 Å². The van der Waals surface area contributed by atoms with Crippen LogP contribution in [0.1, 0.15) is 18.4 Å². The normalized spacial score (nSPS) is 11.0. The maximum absolute atomic E-state index is 12.2. The standard InChI is InChI=1S/C14H16N6O/c1-3-15-11-8-10(2)16-12(17-11)9-20-14(21)19-7-5-4-6-13(19)18-20/h4-8H,3,9H2,1-2H3,(H,15,16,17). The predicted octanol–water partition coefficient (Wildman–Crippen LogP) is 1.07. The van der Waals surface area contributed by atoms with E-state index < -0.39 is 0 Å². The first-order valence-electron chi connectivity index (χ1n) is 6.80. The van der Waals surface area contributed by atoms with E-state index in [0.717, 1.165) is 18.1 Å². The molecule has 0 bridgehead atoms. The molecular weight excluding hydrogens is 268 g/mol. The van der Waals surface area contributed by atoms with Crippen molar-refractivity contribution in [2.45, 2.75) is 20.4 Å². The maximum Gasteiger partial charge on any atom is 0.350 e. The average Bonchev–Trinajstić information content (AvgIpc) is 2.76. The van der Waals surface area contributed by atoms with Crippen molar-refractivity contribution in [3.8, 4) is 0 Å². The highest BCUT2D eigenvalue weighted by atomic mass is 16.2. The molecule has 3 aromatic rings. The molecule has 3 aromatic heterocycles. The van der Waals surface area contributed by atoms with Gasteiger partial charge in [-0.3, -0.25) is 4.40 Å². The zero-order valence-corrected chi connectivity index (χ0v) is 11.9. The van der Waals surface area contributed by atoms with Crippen molar-refractivity contribution in [2.75, 3.05) is 11.9 Å². The molecule has 0 saturated heterocycles. The summed E-state index contributed by atoms with van der Waals surface area (Å²) in [5.41, 5.74) is 1.27. The van der Waals surface area contributed by atoms with E-state index >= 15 is 0 Å². The highest BCUT2D eigenvalue weighted by Gasteiger charge is 2.09. The largest absolute Gasteiger partial charge is 0.370 e. The maximum atomic E-state index is 12.2. The molecule has 0 radical (unpaired) electrons. The van der Waals surface area contributed by atoms with Gasteiger partial charge in [-0.15, -0.1) is 5.10 Å².